The molecule has 1 aromatic carbocycles. The molecule has 0 amide bonds. The molecule has 0 saturated heterocycles. The Kier molecular flexibility index (Phi) is 3.21. The minimum absolute atomic E-state index is 0.455. The number of nitriles is 1. The van der Waals surface area contributed by atoms with E-state index in [1.807, 2.05) is 12.1 Å². The fourth-order valence-electron chi connectivity index (χ4n) is 2.29. The Morgan fingerprint density at radius 1 is 1.41 bits per heavy atom. The van der Waals surface area contributed by atoms with Gasteiger partial charge in [-0.15, -0.1) is 0 Å². The summed E-state index contributed by atoms with van der Waals surface area (Å²) in [6.07, 6.45) is 3.81. The highest BCUT2D eigenvalue weighted by atomic mass is 16.3. The van der Waals surface area contributed by atoms with Gasteiger partial charge in [0.2, 0.25) is 0 Å². The second-order valence-corrected chi connectivity index (χ2v) is 4.66. The van der Waals surface area contributed by atoms with Crippen molar-refractivity contribution in [2.45, 2.75) is 31.3 Å². The number of para-hydroxylation sites is 1. The Morgan fingerprint density at radius 3 is 2.76 bits per heavy atom. The lowest BCUT2D eigenvalue weighted by molar-refractivity contribution is 0.0615. The van der Waals surface area contributed by atoms with Crippen molar-refractivity contribution in [2.24, 2.45) is 0 Å². The highest BCUT2D eigenvalue weighted by Gasteiger charge is 2.30. The van der Waals surface area contributed by atoms with Crippen LogP contribution in [0.3, 0.4) is 0 Å². The average Bonchev–Trinajstić information content (AvgIpc) is 2.75. The van der Waals surface area contributed by atoms with Gasteiger partial charge in [0.25, 0.3) is 0 Å². The second-order valence-electron chi connectivity index (χ2n) is 4.66. The lowest BCUT2D eigenvalue weighted by Crippen LogP contribution is -2.33. The van der Waals surface area contributed by atoms with Gasteiger partial charge in [-0.05, 0) is 25.0 Å². The smallest absolute Gasteiger partial charge is 0.101 e. The molecule has 0 heterocycles. The number of aliphatic hydroxyl groups is 1. The van der Waals surface area contributed by atoms with E-state index < -0.39 is 5.60 Å². The molecule has 17 heavy (non-hydrogen) atoms. The zero-order valence-electron chi connectivity index (χ0n) is 9.74. The van der Waals surface area contributed by atoms with Gasteiger partial charge in [0.05, 0.1) is 22.5 Å². The van der Waals surface area contributed by atoms with Gasteiger partial charge >= 0.3 is 0 Å². The maximum absolute atomic E-state index is 10.2. The fraction of sp³-hybridized carbons (Fsp3) is 0.462. The van der Waals surface area contributed by atoms with Crippen LogP contribution in [0.5, 0.6) is 0 Å². The quantitative estimate of drug-likeness (QED) is 0.693. The molecule has 90 valence electrons. The van der Waals surface area contributed by atoms with Gasteiger partial charge in [-0.25, -0.2) is 0 Å². The molecule has 1 aromatic rings. The van der Waals surface area contributed by atoms with Gasteiger partial charge in [-0.2, -0.15) is 5.26 Å². The van der Waals surface area contributed by atoms with Crippen LogP contribution in [0.1, 0.15) is 31.2 Å². The normalized spacial score (nSPS) is 17.6. The maximum Gasteiger partial charge on any atom is 0.101 e. The van der Waals surface area contributed by atoms with Crippen LogP contribution in [0.15, 0.2) is 18.2 Å². The SMILES string of the molecule is N#Cc1cccc(NCC2(O)CCCC2)c1N. The summed E-state index contributed by atoms with van der Waals surface area (Å²) >= 11 is 0. The first-order chi connectivity index (χ1) is 8.14. The van der Waals surface area contributed by atoms with E-state index in [1.54, 1.807) is 12.1 Å². The number of hydrogen-bond acceptors (Lipinski definition) is 4. The van der Waals surface area contributed by atoms with E-state index >= 15 is 0 Å². The predicted molar refractivity (Wildman–Crippen MR) is 67.5 cm³/mol. The number of nitrogens with one attached hydrogen (secondary N) is 1. The van der Waals surface area contributed by atoms with Gasteiger partial charge in [-0.3, -0.25) is 0 Å². The molecule has 0 unspecified atom stereocenters. The fourth-order valence-corrected chi connectivity index (χ4v) is 2.29. The van der Waals surface area contributed by atoms with E-state index in [1.165, 1.54) is 0 Å². The minimum atomic E-state index is -0.616. The molecule has 0 atom stereocenters. The van der Waals surface area contributed by atoms with Crippen molar-refractivity contribution in [3.8, 4) is 6.07 Å². The molecule has 0 bridgehead atoms. The van der Waals surface area contributed by atoms with E-state index in [0.29, 0.717) is 17.8 Å². The molecule has 0 spiro atoms. The molecule has 1 aliphatic carbocycles. The van der Waals surface area contributed by atoms with Crippen molar-refractivity contribution in [1.29, 1.82) is 5.26 Å². The zero-order valence-corrected chi connectivity index (χ0v) is 9.74. The molecule has 4 heteroatoms. The van der Waals surface area contributed by atoms with Crippen LogP contribution in [0.25, 0.3) is 0 Å². The van der Waals surface area contributed by atoms with Crippen LogP contribution in [-0.2, 0) is 0 Å². The maximum atomic E-state index is 10.2. The Morgan fingerprint density at radius 2 is 2.12 bits per heavy atom. The van der Waals surface area contributed by atoms with Gasteiger partial charge in [0.1, 0.15) is 6.07 Å². The third-order valence-electron chi connectivity index (χ3n) is 3.37. The van der Waals surface area contributed by atoms with Gasteiger partial charge in [0, 0.05) is 6.54 Å². The van der Waals surface area contributed by atoms with Crippen LogP contribution in [0.4, 0.5) is 11.4 Å². The lowest BCUT2D eigenvalue weighted by Gasteiger charge is -2.23. The second kappa shape index (κ2) is 4.64. The van der Waals surface area contributed by atoms with Crippen LogP contribution in [0, 0.1) is 11.3 Å². The number of nitrogens with two attached hydrogens (primary N) is 1. The molecular formula is C13H17N3O. The van der Waals surface area contributed by atoms with E-state index in [2.05, 4.69) is 5.32 Å². The number of nitrogens with zero attached hydrogens (tertiary/aromatic N) is 1. The van der Waals surface area contributed by atoms with Crippen molar-refractivity contribution in [1.82, 2.24) is 0 Å². The van der Waals surface area contributed by atoms with Crippen LogP contribution < -0.4 is 11.1 Å². The summed E-state index contributed by atoms with van der Waals surface area (Å²) in [4.78, 5) is 0. The summed E-state index contributed by atoms with van der Waals surface area (Å²) in [5, 5.41) is 22.2. The Bertz CT molecular complexity index is 444. The summed E-state index contributed by atoms with van der Waals surface area (Å²) < 4.78 is 0. The Balaban J connectivity index is 2.07. The summed E-state index contributed by atoms with van der Waals surface area (Å²) in [5.74, 6) is 0. The summed E-state index contributed by atoms with van der Waals surface area (Å²) in [6, 6.07) is 7.35. The molecular weight excluding hydrogens is 214 g/mol. The lowest BCUT2D eigenvalue weighted by atomic mass is 10.0. The Hall–Kier alpha value is -1.73. The zero-order chi connectivity index (χ0) is 12.3. The number of hydrogen-bond donors (Lipinski definition) is 3. The number of benzene rings is 1. The molecule has 4 N–H and O–H groups in total. The van der Waals surface area contributed by atoms with E-state index in [-0.39, 0.29) is 0 Å². The summed E-state index contributed by atoms with van der Waals surface area (Å²) in [5.41, 5.74) is 6.89. The third-order valence-corrected chi connectivity index (χ3v) is 3.37. The molecule has 4 nitrogen and oxygen atoms in total. The average molecular weight is 231 g/mol. The highest BCUT2D eigenvalue weighted by Crippen LogP contribution is 2.30. The van der Waals surface area contributed by atoms with E-state index in [4.69, 9.17) is 11.0 Å². The van der Waals surface area contributed by atoms with E-state index in [9.17, 15) is 5.11 Å². The number of nitrogen functional groups attached to an aromatic ring is 1. The van der Waals surface area contributed by atoms with Crippen molar-refractivity contribution < 1.29 is 5.11 Å². The van der Waals surface area contributed by atoms with Crippen molar-refractivity contribution in [3.63, 3.8) is 0 Å². The molecule has 1 aliphatic rings. The molecule has 0 radical (unpaired) electrons. The predicted octanol–water partition coefficient (Wildman–Crippen LogP) is 1.86. The van der Waals surface area contributed by atoms with Crippen LogP contribution >= 0.6 is 0 Å². The minimum Gasteiger partial charge on any atom is -0.396 e. The molecule has 0 aliphatic heterocycles. The largest absolute Gasteiger partial charge is 0.396 e. The third kappa shape index (κ3) is 2.51. The van der Waals surface area contributed by atoms with Gasteiger partial charge in [0.15, 0.2) is 0 Å². The first-order valence-corrected chi connectivity index (χ1v) is 5.89. The van der Waals surface area contributed by atoms with Crippen molar-refractivity contribution in [2.75, 3.05) is 17.6 Å². The monoisotopic (exact) mass is 231 g/mol. The Labute approximate surface area is 101 Å². The summed E-state index contributed by atoms with van der Waals surface area (Å²) in [7, 11) is 0. The molecule has 0 aromatic heterocycles. The number of rotatable bonds is 3. The molecule has 1 saturated carbocycles. The summed E-state index contributed by atoms with van der Waals surface area (Å²) in [6.45, 7) is 0.492. The standard InChI is InChI=1S/C13H17N3O/c14-8-10-4-3-5-11(12(10)15)16-9-13(17)6-1-2-7-13/h3-5,16-17H,1-2,6-7,9,15H2. The van der Waals surface area contributed by atoms with Crippen molar-refractivity contribution in [3.05, 3.63) is 23.8 Å². The van der Waals surface area contributed by atoms with Crippen molar-refractivity contribution >= 4 is 11.4 Å². The van der Waals surface area contributed by atoms with Gasteiger partial charge < -0.3 is 16.2 Å². The highest BCUT2D eigenvalue weighted by molar-refractivity contribution is 5.72. The number of anilines is 2. The van der Waals surface area contributed by atoms with Crippen LogP contribution in [0.2, 0.25) is 0 Å². The molecule has 1 fully saturated rings. The topological polar surface area (TPSA) is 82.1 Å². The van der Waals surface area contributed by atoms with Gasteiger partial charge in [-0.1, -0.05) is 18.9 Å². The van der Waals surface area contributed by atoms with E-state index in [0.717, 1.165) is 31.4 Å². The first kappa shape index (κ1) is 11.7. The molecule has 2 rings (SSSR count). The van der Waals surface area contributed by atoms with Crippen LogP contribution in [-0.4, -0.2) is 17.3 Å². The first-order valence-electron chi connectivity index (χ1n) is 5.89.